The molecule has 0 fully saturated rings. The lowest BCUT2D eigenvalue weighted by atomic mass is 9.84. The standard InChI is InChI=1S/C30H15Br/c31-26-7-3-6-22-23(26)13-18-9-11-19-14-24-21-5-2-1-4-16(21)12-17-8-10-20-15-25(22)28(18)30(19)29(20)27(17)24/h1-15H. The highest BCUT2D eigenvalue weighted by Gasteiger charge is 2.18. The quantitative estimate of drug-likeness (QED) is 0.158. The van der Waals surface area contributed by atoms with Gasteiger partial charge in [-0.15, -0.1) is 0 Å². The van der Waals surface area contributed by atoms with Crippen molar-refractivity contribution in [3.05, 3.63) is 95.5 Å². The predicted molar refractivity (Wildman–Crippen MR) is 139 cm³/mol. The van der Waals surface area contributed by atoms with E-state index in [1.54, 1.807) is 0 Å². The summed E-state index contributed by atoms with van der Waals surface area (Å²) in [7, 11) is 0. The lowest BCUT2D eigenvalue weighted by molar-refractivity contribution is 1.75. The average Bonchev–Trinajstić information content (AvgIpc) is 2.81. The van der Waals surface area contributed by atoms with E-state index >= 15 is 0 Å². The topological polar surface area (TPSA) is 0 Å². The van der Waals surface area contributed by atoms with Gasteiger partial charge in [0.1, 0.15) is 0 Å². The second-order valence-electron chi connectivity index (χ2n) is 8.68. The fourth-order valence-corrected chi connectivity index (χ4v) is 6.34. The Kier molecular flexibility index (Phi) is 2.86. The number of hydrogen-bond acceptors (Lipinski definition) is 0. The van der Waals surface area contributed by atoms with Gasteiger partial charge in [0, 0.05) is 4.47 Å². The minimum absolute atomic E-state index is 1.15. The van der Waals surface area contributed by atoms with Crippen LogP contribution in [0.4, 0.5) is 0 Å². The highest BCUT2D eigenvalue weighted by atomic mass is 79.9. The van der Waals surface area contributed by atoms with Gasteiger partial charge in [0.15, 0.2) is 0 Å². The molecular weight excluding hydrogens is 440 g/mol. The Morgan fingerprint density at radius 3 is 1.65 bits per heavy atom. The largest absolute Gasteiger partial charge is 0.0616 e. The monoisotopic (exact) mass is 454 g/mol. The van der Waals surface area contributed by atoms with Gasteiger partial charge in [0.05, 0.1) is 0 Å². The molecule has 8 aromatic rings. The number of halogens is 1. The Hall–Kier alpha value is -3.42. The zero-order valence-corrected chi connectivity index (χ0v) is 18.1. The molecule has 0 atom stereocenters. The van der Waals surface area contributed by atoms with Crippen LogP contribution in [0.15, 0.2) is 95.5 Å². The second kappa shape index (κ2) is 5.43. The van der Waals surface area contributed by atoms with E-state index < -0.39 is 0 Å². The fourth-order valence-electron chi connectivity index (χ4n) is 5.86. The molecule has 0 saturated heterocycles. The zero-order chi connectivity index (χ0) is 20.3. The van der Waals surface area contributed by atoms with Crippen LogP contribution in [-0.2, 0) is 0 Å². The van der Waals surface area contributed by atoms with Crippen LogP contribution in [0, 0.1) is 0 Å². The molecule has 0 heterocycles. The summed E-state index contributed by atoms with van der Waals surface area (Å²) in [6, 6.07) is 34.0. The van der Waals surface area contributed by atoms with Crippen molar-refractivity contribution < 1.29 is 0 Å². The molecule has 0 nitrogen and oxygen atoms in total. The predicted octanol–water partition coefficient (Wildman–Crippen LogP) is 9.40. The Bertz CT molecular complexity index is 1990. The summed E-state index contributed by atoms with van der Waals surface area (Å²) >= 11 is 3.77. The molecule has 0 aromatic heterocycles. The Morgan fingerprint density at radius 2 is 0.903 bits per heavy atom. The zero-order valence-electron chi connectivity index (χ0n) is 16.5. The van der Waals surface area contributed by atoms with Gasteiger partial charge < -0.3 is 0 Å². The number of hydrogen-bond donors (Lipinski definition) is 0. The maximum atomic E-state index is 3.77. The Labute approximate surface area is 186 Å². The molecule has 1 heteroatoms. The van der Waals surface area contributed by atoms with Crippen molar-refractivity contribution in [3.63, 3.8) is 0 Å². The summed E-state index contributed by atoms with van der Waals surface area (Å²) in [5.74, 6) is 0. The molecule has 8 aromatic carbocycles. The van der Waals surface area contributed by atoms with E-state index in [0.717, 1.165) is 4.47 Å². The first-order chi connectivity index (χ1) is 15.3. The number of rotatable bonds is 0. The Balaban J connectivity index is 1.76. The summed E-state index contributed by atoms with van der Waals surface area (Å²) in [5.41, 5.74) is 0. The van der Waals surface area contributed by atoms with E-state index in [-0.39, 0.29) is 0 Å². The van der Waals surface area contributed by atoms with Crippen molar-refractivity contribution in [1.82, 2.24) is 0 Å². The van der Waals surface area contributed by atoms with Gasteiger partial charge in [-0.05, 0) is 106 Å². The lowest BCUT2D eigenvalue weighted by Gasteiger charge is -2.19. The summed E-state index contributed by atoms with van der Waals surface area (Å²) in [4.78, 5) is 0. The fraction of sp³-hybridized carbons (Fsp3) is 0. The molecule has 0 aliphatic carbocycles. The van der Waals surface area contributed by atoms with Gasteiger partial charge in [-0.1, -0.05) is 76.6 Å². The normalized spacial score (nSPS) is 12.7. The van der Waals surface area contributed by atoms with Gasteiger partial charge >= 0.3 is 0 Å². The third-order valence-corrected chi connectivity index (χ3v) is 7.82. The Morgan fingerprint density at radius 1 is 0.355 bits per heavy atom. The third kappa shape index (κ3) is 1.91. The van der Waals surface area contributed by atoms with Crippen molar-refractivity contribution in [2.24, 2.45) is 0 Å². The van der Waals surface area contributed by atoms with Crippen LogP contribution in [0.25, 0.3) is 75.4 Å². The molecular formula is C30H15Br. The maximum absolute atomic E-state index is 3.77. The van der Waals surface area contributed by atoms with E-state index in [2.05, 4.69) is 107 Å². The molecule has 31 heavy (non-hydrogen) atoms. The number of benzene rings is 8. The van der Waals surface area contributed by atoms with Crippen LogP contribution >= 0.6 is 15.9 Å². The highest BCUT2D eigenvalue weighted by Crippen LogP contribution is 2.47. The molecule has 0 N–H and O–H groups in total. The van der Waals surface area contributed by atoms with E-state index in [0.29, 0.717) is 0 Å². The third-order valence-electron chi connectivity index (χ3n) is 7.13. The van der Waals surface area contributed by atoms with Crippen LogP contribution in [0.5, 0.6) is 0 Å². The van der Waals surface area contributed by atoms with Crippen LogP contribution in [0.3, 0.4) is 0 Å². The van der Waals surface area contributed by atoms with Gasteiger partial charge in [0.25, 0.3) is 0 Å². The molecule has 0 spiro atoms. The van der Waals surface area contributed by atoms with Crippen molar-refractivity contribution >= 4 is 91.3 Å². The van der Waals surface area contributed by atoms with Crippen LogP contribution in [-0.4, -0.2) is 0 Å². The molecule has 0 bridgehead atoms. The van der Waals surface area contributed by atoms with Crippen LogP contribution in [0.1, 0.15) is 0 Å². The van der Waals surface area contributed by atoms with Crippen LogP contribution in [0.2, 0.25) is 0 Å². The van der Waals surface area contributed by atoms with E-state index in [9.17, 15) is 0 Å². The summed E-state index contributed by atoms with van der Waals surface area (Å²) < 4.78 is 1.15. The smallest absolute Gasteiger partial charge is 0.0254 e. The molecule has 0 radical (unpaired) electrons. The first-order valence-corrected chi connectivity index (χ1v) is 11.4. The highest BCUT2D eigenvalue weighted by molar-refractivity contribution is 9.10. The molecule has 0 amide bonds. The lowest BCUT2D eigenvalue weighted by Crippen LogP contribution is -1.91. The van der Waals surface area contributed by atoms with E-state index in [1.165, 1.54) is 75.4 Å². The molecule has 0 aliphatic heterocycles. The van der Waals surface area contributed by atoms with E-state index in [1.807, 2.05) is 0 Å². The minimum Gasteiger partial charge on any atom is -0.0616 e. The summed E-state index contributed by atoms with van der Waals surface area (Å²) in [6.07, 6.45) is 0. The van der Waals surface area contributed by atoms with Gasteiger partial charge in [-0.3, -0.25) is 0 Å². The van der Waals surface area contributed by atoms with Gasteiger partial charge in [-0.25, -0.2) is 0 Å². The molecule has 0 saturated carbocycles. The summed E-state index contributed by atoms with van der Waals surface area (Å²) in [5, 5.41) is 18.8. The summed E-state index contributed by atoms with van der Waals surface area (Å²) in [6.45, 7) is 0. The van der Waals surface area contributed by atoms with Crippen LogP contribution < -0.4 is 0 Å². The van der Waals surface area contributed by atoms with Gasteiger partial charge in [0.2, 0.25) is 0 Å². The molecule has 0 aliphatic rings. The van der Waals surface area contributed by atoms with Crippen molar-refractivity contribution in [2.45, 2.75) is 0 Å². The van der Waals surface area contributed by atoms with Crippen molar-refractivity contribution in [2.75, 3.05) is 0 Å². The van der Waals surface area contributed by atoms with Crippen molar-refractivity contribution in [3.8, 4) is 0 Å². The van der Waals surface area contributed by atoms with Gasteiger partial charge in [-0.2, -0.15) is 0 Å². The SMILES string of the molecule is Brc1cccc2c1cc1ccc3cc4c5ccccc5cc5ccc6cc2c1c3c6c54. The van der Waals surface area contributed by atoms with Crippen molar-refractivity contribution in [1.29, 1.82) is 0 Å². The average molecular weight is 455 g/mol. The molecule has 0 unspecified atom stereocenters. The molecule has 8 rings (SSSR count). The minimum atomic E-state index is 1.15. The maximum Gasteiger partial charge on any atom is 0.0254 e. The first-order valence-electron chi connectivity index (χ1n) is 10.6. The first kappa shape index (κ1) is 16.3. The van der Waals surface area contributed by atoms with E-state index in [4.69, 9.17) is 0 Å². The second-order valence-corrected chi connectivity index (χ2v) is 9.54. The number of fused-ring (bicyclic) bond motifs is 4. The molecule has 142 valence electrons.